The van der Waals surface area contributed by atoms with Crippen molar-refractivity contribution in [3.63, 3.8) is 0 Å². The van der Waals surface area contributed by atoms with Crippen LogP contribution in [0.3, 0.4) is 0 Å². The van der Waals surface area contributed by atoms with E-state index in [2.05, 4.69) is 31.9 Å². The highest BCUT2D eigenvalue weighted by atomic mass is 79.9. The van der Waals surface area contributed by atoms with Gasteiger partial charge in [0.25, 0.3) is 0 Å². The van der Waals surface area contributed by atoms with E-state index in [1.165, 1.54) is 0 Å². The number of ether oxygens (including phenoxy) is 1. The first-order valence-corrected chi connectivity index (χ1v) is 6.44. The number of hydrogen-bond acceptors (Lipinski definition) is 2. The Bertz CT molecular complexity index is 315. The zero-order valence-electron chi connectivity index (χ0n) is 8.54. The Morgan fingerprint density at radius 3 is 2.73 bits per heavy atom. The third-order valence-corrected chi connectivity index (χ3v) is 3.13. The molecule has 0 radical (unpaired) electrons. The molecule has 1 N–H and O–H groups in total. The maximum Gasteiger partial charge on any atom is 0.103 e. The third kappa shape index (κ3) is 4.23. The molecule has 0 heterocycles. The van der Waals surface area contributed by atoms with Crippen molar-refractivity contribution >= 4 is 31.9 Å². The van der Waals surface area contributed by atoms with E-state index in [0.717, 1.165) is 20.9 Å². The van der Waals surface area contributed by atoms with Crippen LogP contribution in [0.15, 0.2) is 27.1 Å². The molecule has 1 atom stereocenters. The first kappa shape index (κ1) is 13.2. The molecule has 0 amide bonds. The van der Waals surface area contributed by atoms with Gasteiger partial charge in [-0.05, 0) is 24.1 Å². The van der Waals surface area contributed by atoms with Gasteiger partial charge in [0.05, 0.1) is 6.61 Å². The summed E-state index contributed by atoms with van der Waals surface area (Å²) >= 11 is 6.78. The lowest BCUT2D eigenvalue weighted by atomic mass is 10.1. The average Bonchev–Trinajstić information content (AvgIpc) is 2.17. The summed E-state index contributed by atoms with van der Waals surface area (Å²) in [5.41, 5.74) is 0.856. The molecule has 84 valence electrons. The van der Waals surface area contributed by atoms with Crippen LogP contribution in [-0.2, 0) is 4.74 Å². The van der Waals surface area contributed by atoms with Gasteiger partial charge in [-0.1, -0.05) is 44.8 Å². The highest BCUT2D eigenvalue weighted by Crippen LogP contribution is 2.26. The predicted octanol–water partition coefficient (Wildman–Crippen LogP) is 3.67. The molecule has 0 aromatic heterocycles. The number of halogens is 2. The van der Waals surface area contributed by atoms with E-state index in [1.807, 2.05) is 25.1 Å². The number of aliphatic hydroxyl groups is 1. The zero-order valence-corrected chi connectivity index (χ0v) is 11.7. The van der Waals surface area contributed by atoms with Crippen molar-refractivity contribution in [3.05, 3.63) is 32.7 Å². The standard InChI is InChI=1S/C11H14Br2O2/c1-2-5-15-7-11(14)9-4-3-8(12)6-10(9)13/h3-4,6,11,14H,2,5,7H2,1H3. The minimum Gasteiger partial charge on any atom is -0.386 e. The second-order valence-corrected chi connectivity index (χ2v) is 5.03. The molecule has 0 aliphatic rings. The fraction of sp³-hybridized carbons (Fsp3) is 0.455. The van der Waals surface area contributed by atoms with Crippen LogP contribution in [0.2, 0.25) is 0 Å². The topological polar surface area (TPSA) is 29.5 Å². The second-order valence-electron chi connectivity index (χ2n) is 3.26. The van der Waals surface area contributed by atoms with Crippen LogP contribution in [-0.4, -0.2) is 18.3 Å². The fourth-order valence-corrected chi connectivity index (χ4v) is 2.51. The lowest BCUT2D eigenvalue weighted by Crippen LogP contribution is -2.08. The summed E-state index contributed by atoms with van der Waals surface area (Å²) in [6, 6.07) is 5.70. The van der Waals surface area contributed by atoms with Gasteiger partial charge in [-0.2, -0.15) is 0 Å². The van der Waals surface area contributed by atoms with E-state index >= 15 is 0 Å². The van der Waals surface area contributed by atoms with E-state index in [1.54, 1.807) is 0 Å². The van der Waals surface area contributed by atoms with Crippen LogP contribution < -0.4 is 0 Å². The molecule has 15 heavy (non-hydrogen) atoms. The molecule has 4 heteroatoms. The second kappa shape index (κ2) is 6.63. The van der Waals surface area contributed by atoms with Gasteiger partial charge in [0, 0.05) is 15.6 Å². The van der Waals surface area contributed by atoms with Crippen molar-refractivity contribution < 1.29 is 9.84 Å². The Morgan fingerprint density at radius 2 is 2.13 bits per heavy atom. The fourth-order valence-electron chi connectivity index (χ4n) is 1.20. The van der Waals surface area contributed by atoms with Crippen molar-refractivity contribution in [1.29, 1.82) is 0 Å². The van der Waals surface area contributed by atoms with Crippen molar-refractivity contribution in [2.24, 2.45) is 0 Å². The molecule has 0 aliphatic carbocycles. The molecule has 0 saturated carbocycles. The maximum absolute atomic E-state index is 9.85. The Balaban J connectivity index is 2.61. The normalized spacial score (nSPS) is 12.8. The summed E-state index contributed by atoms with van der Waals surface area (Å²) in [6.07, 6.45) is 0.396. The van der Waals surface area contributed by atoms with E-state index in [9.17, 15) is 5.11 Å². The SMILES string of the molecule is CCCOCC(O)c1ccc(Br)cc1Br. The van der Waals surface area contributed by atoms with Gasteiger partial charge in [0.1, 0.15) is 6.10 Å². The smallest absolute Gasteiger partial charge is 0.103 e. The number of benzene rings is 1. The molecule has 0 saturated heterocycles. The molecule has 0 bridgehead atoms. The summed E-state index contributed by atoms with van der Waals surface area (Å²) in [6.45, 7) is 3.07. The molecule has 1 rings (SSSR count). The predicted molar refractivity (Wildman–Crippen MR) is 67.9 cm³/mol. The average molecular weight is 338 g/mol. The molecule has 0 fully saturated rings. The Hall–Kier alpha value is 0.1000. The van der Waals surface area contributed by atoms with Crippen LogP contribution in [0.25, 0.3) is 0 Å². The van der Waals surface area contributed by atoms with E-state index in [-0.39, 0.29) is 0 Å². The minimum atomic E-state index is -0.570. The van der Waals surface area contributed by atoms with Crippen LogP contribution in [0, 0.1) is 0 Å². The Labute approximate surface area is 107 Å². The van der Waals surface area contributed by atoms with Gasteiger partial charge >= 0.3 is 0 Å². The van der Waals surface area contributed by atoms with Crippen molar-refractivity contribution in [2.45, 2.75) is 19.4 Å². The van der Waals surface area contributed by atoms with Crippen LogP contribution in [0.4, 0.5) is 0 Å². The van der Waals surface area contributed by atoms with Gasteiger partial charge in [-0.25, -0.2) is 0 Å². The monoisotopic (exact) mass is 336 g/mol. The molecular formula is C11H14Br2O2. The summed E-state index contributed by atoms with van der Waals surface area (Å²) < 4.78 is 7.18. The molecule has 0 aliphatic heterocycles. The number of hydrogen-bond donors (Lipinski definition) is 1. The molecule has 2 nitrogen and oxygen atoms in total. The van der Waals surface area contributed by atoms with Crippen LogP contribution in [0.1, 0.15) is 25.0 Å². The van der Waals surface area contributed by atoms with Gasteiger partial charge in [-0.3, -0.25) is 0 Å². The molecular weight excluding hydrogens is 324 g/mol. The first-order chi connectivity index (χ1) is 7.15. The summed E-state index contributed by atoms with van der Waals surface area (Å²) in [5, 5.41) is 9.85. The molecule has 1 aromatic carbocycles. The maximum atomic E-state index is 9.85. The van der Waals surface area contributed by atoms with Crippen LogP contribution in [0.5, 0.6) is 0 Å². The van der Waals surface area contributed by atoms with Crippen molar-refractivity contribution in [2.75, 3.05) is 13.2 Å². The summed E-state index contributed by atoms with van der Waals surface area (Å²) in [4.78, 5) is 0. The molecule has 1 aromatic rings. The lowest BCUT2D eigenvalue weighted by molar-refractivity contribution is 0.0360. The Kier molecular flexibility index (Phi) is 5.82. The summed E-state index contributed by atoms with van der Waals surface area (Å²) in [5.74, 6) is 0. The van der Waals surface area contributed by atoms with Gasteiger partial charge < -0.3 is 9.84 Å². The summed E-state index contributed by atoms with van der Waals surface area (Å²) in [7, 11) is 0. The molecule has 0 spiro atoms. The highest BCUT2D eigenvalue weighted by Gasteiger charge is 2.11. The number of aliphatic hydroxyl groups excluding tert-OH is 1. The van der Waals surface area contributed by atoms with E-state index in [0.29, 0.717) is 13.2 Å². The van der Waals surface area contributed by atoms with Crippen molar-refractivity contribution in [3.8, 4) is 0 Å². The zero-order chi connectivity index (χ0) is 11.3. The first-order valence-electron chi connectivity index (χ1n) is 4.86. The molecule has 1 unspecified atom stereocenters. The lowest BCUT2D eigenvalue weighted by Gasteiger charge is -2.13. The van der Waals surface area contributed by atoms with E-state index < -0.39 is 6.10 Å². The van der Waals surface area contributed by atoms with Gasteiger partial charge in [-0.15, -0.1) is 0 Å². The van der Waals surface area contributed by atoms with Crippen LogP contribution >= 0.6 is 31.9 Å². The largest absolute Gasteiger partial charge is 0.386 e. The third-order valence-electron chi connectivity index (χ3n) is 1.95. The minimum absolute atomic E-state index is 0.341. The Morgan fingerprint density at radius 1 is 1.40 bits per heavy atom. The number of rotatable bonds is 5. The van der Waals surface area contributed by atoms with Gasteiger partial charge in [0.2, 0.25) is 0 Å². The van der Waals surface area contributed by atoms with E-state index in [4.69, 9.17) is 4.74 Å². The van der Waals surface area contributed by atoms with Crippen molar-refractivity contribution in [1.82, 2.24) is 0 Å². The van der Waals surface area contributed by atoms with Gasteiger partial charge in [0.15, 0.2) is 0 Å². The highest BCUT2D eigenvalue weighted by molar-refractivity contribution is 9.11. The quantitative estimate of drug-likeness (QED) is 0.831.